The van der Waals surface area contributed by atoms with Gasteiger partial charge >= 0.3 is 0 Å². The second-order valence-corrected chi connectivity index (χ2v) is 6.36. The molecule has 0 spiro atoms. The van der Waals surface area contributed by atoms with Crippen LogP contribution in [0.1, 0.15) is 24.2 Å². The van der Waals surface area contributed by atoms with E-state index in [-0.39, 0.29) is 0 Å². The highest BCUT2D eigenvalue weighted by Gasteiger charge is 2.56. The molecule has 27 heavy (non-hydrogen) atoms. The third kappa shape index (κ3) is 2.71. The second-order valence-electron chi connectivity index (χ2n) is 6.36. The number of carbonyl (C=O) groups is 2. The summed E-state index contributed by atoms with van der Waals surface area (Å²) in [5, 5.41) is 14.1. The molecule has 0 fully saturated rings. The zero-order valence-corrected chi connectivity index (χ0v) is 15.6. The maximum Gasteiger partial charge on any atom is 0.260 e. The Bertz CT molecular complexity index is 898. The van der Waals surface area contributed by atoms with Crippen LogP contribution in [0.4, 0.5) is 5.69 Å². The average Bonchev–Trinajstić information content (AvgIpc) is 2.89. The zero-order valence-electron chi connectivity index (χ0n) is 15.6. The van der Waals surface area contributed by atoms with Gasteiger partial charge in [-0.1, -0.05) is 30.3 Å². The van der Waals surface area contributed by atoms with E-state index in [1.165, 1.54) is 26.0 Å². The summed E-state index contributed by atoms with van der Waals surface area (Å²) < 4.78 is 10.7. The van der Waals surface area contributed by atoms with Crippen LogP contribution in [0.25, 0.3) is 0 Å². The molecule has 7 heteroatoms. The van der Waals surface area contributed by atoms with E-state index in [2.05, 4.69) is 5.32 Å². The fourth-order valence-corrected chi connectivity index (χ4v) is 3.68. The summed E-state index contributed by atoms with van der Waals surface area (Å²) >= 11 is 0. The number of benzene rings is 2. The van der Waals surface area contributed by atoms with E-state index < -0.39 is 23.5 Å². The first-order valence-electron chi connectivity index (χ1n) is 8.43. The van der Waals surface area contributed by atoms with E-state index in [0.717, 1.165) is 0 Å². The molecule has 2 atom stereocenters. The van der Waals surface area contributed by atoms with Gasteiger partial charge in [-0.05, 0) is 12.1 Å². The van der Waals surface area contributed by atoms with Gasteiger partial charge in [0.2, 0.25) is 5.91 Å². The third-order valence-corrected chi connectivity index (χ3v) is 4.84. The molecule has 0 saturated carbocycles. The first-order chi connectivity index (χ1) is 12.9. The molecule has 1 heterocycles. The van der Waals surface area contributed by atoms with Gasteiger partial charge in [-0.15, -0.1) is 0 Å². The topological polar surface area (TPSA) is 88.1 Å². The van der Waals surface area contributed by atoms with Crippen LogP contribution in [-0.2, 0) is 15.1 Å². The molecular formula is C20H22N2O5. The Kier molecular flexibility index (Phi) is 4.80. The SMILES string of the molecule is COc1cccc([C@@H](O)[C@]2(NC(C)=O)C(=O)N(C)c3ccccc32)c1OC. The Morgan fingerprint density at radius 2 is 1.85 bits per heavy atom. The van der Waals surface area contributed by atoms with Gasteiger partial charge in [0.25, 0.3) is 5.91 Å². The monoisotopic (exact) mass is 370 g/mol. The summed E-state index contributed by atoms with van der Waals surface area (Å²) in [7, 11) is 4.55. The van der Waals surface area contributed by atoms with Crippen LogP contribution in [0.15, 0.2) is 42.5 Å². The lowest BCUT2D eigenvalue weighted by atomic mass is 9.81. The van der Waals surface area contributed by atoms with Crippen LogP contribution in [0.3, 0.4) is 0 Å². The van der Waals surface area contributed by atoms with Crippen molar-refractivity contribution in [1.29, 1.82) is 0 Å². The van der Waals surface area contributed by atoms with Gasteiger partial charge in [-0.3, -0.25) is 9.59 Å². The van der Waals surface area contributed by atoms with Gasteiger partial charge in [0.1, 0.15) is 6.10 Å². The molecular weight excluding hydrogens is 348 g/mol. The normalized spacial score (nSPS) is 19.4. The van der Waals surface area contributed by atoms with Gasteiger partial charge in [0, 0.05) is 30.8 Å². The molecule has 2 aromatic rings. The van der Waals surface area contributed by atoms with Crippen molar-refractivity contribution in [3.8, 4) is 11.5 Å². The van der Waals surface area contributed by atoms with Crippen molar-refractivity contribution < 1.29 is 24.2 Å². The van der Waals surface area contributed by atoms with Crippen LogP contribution in [-0.4, -0.2) is 38.2 Å². The van der Waals surface area contributed by atoms with Crippen LogP contribution in [0.5, 0.6) is 11.5 Å². The molecule has 3 rings (SSSR count). The number of aliphatic hydroxyl groups excluding tert-OH is 1. The maximum atomic E-state index is 13.3. The molecule has 142 valence electrons. The molecule has 0 unspecified atom stereocenters. The lowest BCUT2D eigenvalue weighted by molar-refractivity contribution is -0.135. The summed E-state index contributed by atoms with van der Waals surface area (Å²) in [6, 6.07) is 12.1. The Labute approximate surface area is 157 Å². The number of hydrogen-bond donors (Lipinski definition) is 2. The number of likely N-dealkylation sites (N-methyl/N-ethyl adjacent to an activating group) is 1. The lowest BCUT2D eigenvalue weighted by Gasteiger charge is -2.34. The number of methoxy groups -OCH3 is 2. The quantitative estimate of drug-likeness (QED) is 0.837. The summed E-state index contributed by atoms with van der Waals surface area (Å²) in [5.41, 5.74) is -0.192. The summed E-state index contributed by atoms with van der Waals surface area (Å²) in [4.78, 5) is 26.7. The van der Waals surface area contributed by atoms with Crippen LogP contribution < -0.4 is 19.7 Å². The lowest BCUT2D eigenvalue weighted by Crippen LogP contribution is -2.55. The molecule has 0 aromatic heterocycles. The van der Waals surface area contributed by atoms with Crippen molar-refractivity contribution in [3.63, 3.8) is 0 Å². The van der Waals surface area contributed by atoms with Crippen molar-refractivity contribution in [3.05, 3.63) is 53.6 Å². The number of fused-ring (bicyclic) bond motifs is 1. The smallest absolute Gasteiger partial charge is 0.260 e. The Morgan fingerprint density at radius 1 is 1.15 bits per heavy atom. The molecule has 7 nitrogen and oxygen atoms in total. The number of rotatable bonds is 5. The highest BCUT2D eigenvalue weighted by molar-refractivity contribution is 6.09. The number of para-hydroxylation sites is 2. The molecule has 1 aliphatic rings. The first-order valence-corrected chi connectivity index (χ1v) is 8.43. The van der Waals surface area contributed by atoms with Crippen LogP contribution in [0.2, 0.25) is 0 Å². The van der Waals surface area contributed by atoms with Gasteiger partial charge in [0.05, 0.1) is 14.2 Å². The van der Waals surface area contributed by atoms with E-state index in [1.54, 1.807) is 49.5 Å². The molecule has 2 amide bonds. The highest BCUT2D eigenvalue weighted by Crippen LogP contribution is 2.49. The summed E-state index contributed by atoms with van der Waals surface area (Å²) in [6.07, 6.45) is -1.40. The first kappa shape index (κ1) is 18.7. The number of hydrogen-bond acceptors (Lipinski definition) is 5. The van der Waals surface area contributed by atoms with Crippen LogP contribution >= 0.6 is 0 Å². The van der Waals surface area contributed by atoms with Crippen LogP contribution in [0, 0.1) is 0 Å². The van der Waals surface area contributed by atoms with E-state index in [9.17, 15) is 14.7 Å². The van der Waals surface area contributed by atoms with Crippen molar-refractivity contribution in [2.24, 2.45) is 0 Å². The number of amides is 2. The number of nitrogens with zero attached hydrogens (tertiary/aromatic N) is 1. The van der Waals surface area contributed by atoms with Crippen molar-refractivity contribution in [2.75, 3.05) is 26.2 Å². The standard InChI is InChI=1S/C20H22N2O5/c1-12(23)21-20(14-9-5-6-10-15(14)22(2)19(20)25)18(24)13-8-7-11-16(26-3)17(13)27-4/h5-11,18,24H,1-4H3,(H,21,23)/t18-,20+/m1/s1. The number of carbonyl (C=O) groups excluding carboxylic acids is 2. The molecule has 2 N–H and O–H groups in total. The Balaban J connectivity index is 2.27. The molecule has 1 aliphatic heterocycles. The highest BCUT2D eigenvalue weighted by atomic mass is 16.5. The van der Waals surface area contributed by atoms with Crippen molar-refractivity contribution >= 4 is 17.5 Å². The van der Waals surface area contributed by atoms with Gasteiger partial charge in [0.15, 0.2) is 17.0 Å². The predicted octanol–water partition coefficient (Wildman–Crippen LogP) is 1.75. The Hall–Kier alpha value is -3.06. The molecule has 0 radical (unpaired) electrons. The number of nitrogens with one attached hydrogen (secondary N) is 1. The van der Waals surface area contributed by atoms with E-state index in [1.807, 2.05) is 0 Å². The third-order valence-electron chi connectivity index (χ3n) is 4.84. The molecule has 0 bridgehead atoms. The molecule has 0 aliphatic carbocycles. The second kappa shape index (κ2) is 6.92. The van der Waals surface area contributed by atoms with Crippen molar-refractivity contribution in [2.45, 2.75) is 18.6 Å². The fourth-order valence-electron chi connectivity index (χ4n) is 3.68. The largest absolute Gasteiger partial charge is 0.493 e. The number of ether oxygens (including phenoxy) is 2. The van der Waals surface area contributed by atoms with E-state index in [4.69, 9.17) is 9.47 Å². The van der Waals surface area contributed by atoms with E-state index >= 15 is 0 Å². The molecule has 2 aromatic carbocycles. The summed E-state index contributed by atoms with van der Waals surface area (Å²) in [5.74, 6) is -0.151. The summed E-state index contributed by atoms with van der Waals surface area (Å²) in [6.45, 7) is 1.31. The minimum absolute atomic E-state index is 0.303. The minimum Gasteiger partial charge on any atom is -0.493 e. The van der Waals surface area contributed by atoms with Gasteiger partial charge in [-0.2, -0.15) is 0 Å². The fraction of sp³-hybridized carbons (Fsp3) is 0.300. The number of aliphatic hydroxyl groups is 1. The zero-order chi connectivity index (χ0) is 19.8. The molecule has 0 saturated heterocycles. The van der Waals surface area contributed by atoms with Gasteiger partial charge < -0.3 is 24.8 Å². The van der Waals surface area contributed by atoms with Gasteiger partial charge in [-0.25, -0.2) is 0 Å². The maximum absolute atomic E-state index is 13.3. The number of anilines is 1. The Morgan fingerprint density at radius 3 is 2.48 bits per heavy atom. The average molecular weight is 370 g/mol. The van der Waals surface area contributed by atoms with Crippen molar-refractivity contribution in [1.82, 2.24) is 5.32 Å². The predicted molar refractivity (Wildman–Crippen MR) is 99.9 cm³/mol. The van der Waals surface area contributed by atoms with E-state index in [0.29, 0.717) is 28.3 Å². The minimum atomic E-state index is -1.67.